The molecule has 2 heteroatoms. The van der Waals surface area contributed by atoms with Crippen LogP contribution >= 0.6 is 0 Å². The maximum Gasteiger partial charge on any atom is 0.309 e. The van der Waals surface area contributed by atoms with Crippen molar-refractivity contribution in [1.29, 1.82) is 0 Å². The normalized spacial score (nSPS) is 37.5. The molecule has 0 aromatic heterocycles. The third-order valence-electron chi connectivity index (χ3n) is 3.64. The molecule has 74 valence electrons. The summed E-state index contributed by atoms with van der Waals surface area (Å²) in [5.41, 5.74) is 0. The van der Waals surface area contributed by atoms with Crippen LogP contribution in [0, 0.1) is 17.8 Å². The lowest BCUT2D eigenvalue weighted by molar-refractivity contribution is -0.153. The highest BCUT2D eigenvalue weighted by atomic mass is 16.5. The van der Waals surface area contributed by atoms with Crippen LogP contribution in [-0.2, 0) is 9.53 Å². The fourth-order valence-corrected chi connectivity index (χ4v) is 2.92. The molecule has 0 amide bonds. The van der Waals surface area contributed by atoms with E-state index >= 15 is 0 Å². The predicted octanol–water partition coefficient (Wildman–Crippen LogP) is 2.38. The zero-order valence-corrected chi connectivity index (χ0v) is 8.29. The van der Waals surface area contributed by atoms with Gasteiger partial charge < -0.3 is 4.74 Å². The molecule has 3 aliphatic rings. The molecule has 0 aromatic rings. The van der Waals surface area contributed by atoms with Gasteiger partial charge in [0.15, 0.2) is 0 Å². The molecule has 3 saturated carbocycles. The van der Waals surface area contributed by atoms with Crippen molar-refractivity contribution < 1.29 is 9.53 Å². The van der Waals surface area contributed by atoms with Gasteiger partial charge in [-0.2, -0.15) is 0 Å². The summed E-state index contributed by atoms with van der Waals surface area (Å²) in [4.78, 5) is 11.6. The van der Waals surface area contributed by atoms with Crippen molar-refractivity contribution in [3.63, 3.8) is 0 Å². The second-order valence-corrected chi connectivity index (χ2v) is 4.38. The summed E-state index contributed by atoms with van der Waals surface area (Å²) < 4.78 is 5.10. The Morgan fingerprint density at radius 1 is 1.31 bits per heavy atom. The molecular weight excluding hydrogens is 164 g/mol. The Labute approximate surface area is 79.7 Å². The van der Waals surface area contributed by atoms with Crippen molar-refractivity contribution in [2.45, 2.75) is 39.0 Å². The average Bonchev–Trinajstić information content (AvgIpc) is 2.20. The first-order valence-corrected chi connectivity index (χ1v) is 5.48. The summed E-state index contributed by atoms with van der Waals surface area (Å²) in [6.07, 6.45) is 6.31. The molecule has 0 aromatic carbocycles. The molecular formula is C11H18O2. The van der Waals surface area contributed by atoms with Gasteiger partial charge >= 0.3 is 5.97 Å². The summed E-state index contributed by atoms with van der Waals surface area (Å²) in [6, 6.07) is 0. The van der Waals surface area contributed by atoms with Crippen LogP contribution in [0.25, 0.3) is 0 Å². The van der Waals surface area contributed by atoms with Gasteiger partial charge in [-0.05, 0) is 38.0 Å². The maximum absolute atomic E-state index is 11.6. The van der Waals surface area contributed by atoms with Gasteiger partial charge in [0.1, 0.15) is 0 Å². The third kappa shape index (κ3) is 1.72. The molecule has 3 fully saturated rings. The largest absolute Gasteiger partial charge is 0.466 e. The molecule has 0 N–H and O–H groups in total. The number of esters is 1. The van der Waals surface area contributed by atoms with Crippen molar-refractivity contribution in [3.8, 4) is 0 Å². The van der Waals surface area contributed by atoms with Gasteiger partial charge in [0.05, 0.1) is 12.5 Å². The van der Waals surface area contributed by atoms with E-state index in [0.29, 0.717) is 12.5 Å². The first-order chi connectivity index (χ1) is 6.31. The molecule has 0 spiro atoms. The van der Waals surface area contributed by atoms with Crippen LogP contribution < -0.4 is 0 Å². The van der Waals surface area contributed by atoms with Crippen LogP contribution in [0.4, 0.5) is 0 Å². The first kappa shape index (κ1) is 9.04. The van der Waals surface area contributed by atoms with Crippen LogP contribution in [0.1, 0.15) is 39.0 Å². The van der Waals surface area contributed by atoms with E-state index in [-0.39, 0.29) is 11.9 Å². The van der Waals surface area contributed by atoms with E-state index in [0.717, 1.165) is 12.3 Å². The number of carbonyl (C=O) groups is 1. The summed E-state index contributed by atoms with van der Waals surface area (Å²) in [6.45, 7) is 2.42. The quantitative estimate of drug-likeness (QED) is 0.613. The van der Waals surface area contributed by atoms with E-state index in [4.69, 9.17) is 4.74 Å². The monoisotopic (exact) mass is 182 g/mol. The number of fused-ring (bicyclic) bond motifs is 3. The molecule has 0 saturated heterocycles. The molecule has 3 rings (SSSR count). The highest BCUT2D eigenvalue weighted by molar-refractivity contribution is 5.73. The van der Waals surface area contributed by atoms with Gasteiger partial charge in [-0.25, -0.2) is 0 Å². The standard InChI is InChI=1S/C11H18O2/c1-2-13-11(12)10-7-8-3-5-9(10)6-4-8/h8-10H,2-7H2,1H3/t8?,9?,10-/m1/s1. The summed E-state index contributed by atoms with van der Waals surface area (Å²) in [5.74, 6) is 1.77. The smallest absolute Gasteiger partial charge is 0.309 e. The topological polar surface area (TPSA) is 26.3 Å². The van der Waals surface area contributed by atoms with Crippen molar-refractivity contribution in [3.05, 3.63) is 0 Å². The molecule has 0 radical (unpaired) electrons. The zero-order valence-electron chi connectivity index (χ0n) is 8.29. The van der Waals surface area contributed by atoms with Crippen LogP contribution in [0.15, 0.2) is 0 Å². The van der Waals surface area contributed by atoms with Gasteiger partial charge in [-0.3, -0.25) is 4.79 Å². The van der Waals surface area contributed by atoms with E-state index in [1.54, 1.807) is 0 Å². The second-order valence-electron chi connectivity index (χ2n) is 4.38. The fourth-order valence-electron chi connectivity index (χ4n) is 2.92. The van der Waals surface area contributed by atoms with E-state index in [1.807, 2.05) is 6.92 Å². The Morgan fingerprint density at radius 2 is 2.00 bits per heavy atom. The van der Waals surface area contributed by atoms with Crippen LogP contribution in [0.5, 0.6) is 0 Å². The van der Waals surface area contributed by atoms with E-state index in [1.165, 1.54) is 25.7 Å². The molecule has 0 aliphatic heterocycles. The lowest BCUT2D eigenvalue weighted by Gasteiger charge is -2.40. The SMILES string of the molecule is CCOC(=O)[C@@H]1CC2CCC1CC2. The van der Waals surface area contributed by atoms with E-state index in [2.05, 4.69) is 0 Å². The number of ether oxygens (including phenoxy) is 1. The van der Waals surface area contributed by atoms with Gasteiger partial charge in [0.2, 0.25) is 0 Å². The van der Waals surface area contributed by atoms with Gasteiger partial charge in [-0.1, -0.05) is 12.8 Å². The molecule has 13 heavy (non-hydrogen) atoms. The minimum absolute atomic E-state index is 0.0666. The van der Waals surface area contributed by atoms with Crippen molar-refractivity contribution in [2.75, 3.05) is 6.61 Å². The van der Waals surface area contributed by atoms with Crippen LogP contribution in [-0.4, -0.2) is 12.6 Å². The first-order valence-electron chi connectivity index (χ1n) is 5.48. The lowest BCUT2D eigenvalue weighted by Crippen LogP contribution is -2.36. The van der Waals surface area contributed by atoms with Gasteiger partial charge in [-0.15, -0.1) is 0 Å². The van der Waals surface area contributed by atoms with Crippen molar-refractivity contribution in [1.82, 2.24) is 0 Å². The lowest BCUT2D eigenvalue weighted by atomic mass is 9.65. The van der Waals surface area contributed by atoms with Crippen LogP contribution in [0.3, 0.4) is 0 Å². The number of carbonyl (C=O) groups excluding carboxylic acids is 1. The van der Waals surface area contributed by atoms with E-state index in [9.17, 15) is 4.79 Å². The highest BCUT2D eigenvalue weighted by Gasteiger charge is 2.39. The van der Waals surface area contributed by atoms with E-state index < -0.39 is 0 Å². The molecule has 0 heterocycles. The summed E-state index contributed by atoms with van der Waals surface area (Å²) in [7, 11) is 0. The fraction of sp³-hybridized carbons (Fsp3) is 0.909. The molecule has 0 unspecified atom stereocenters. The maximum atomic E-state index is 11.6. The molecule has 2 bridgehead atoms. The van der Waals surface area contributed by atoms with Crippen LogP contribution in [0.2, 0.25) is 0 Å². The number of hydrogen-bond acceptors (Lipinski definition) is 2. The average molecular weight is 182 g/mol. The zero-order chi connectivity index (χ0) is 9.26. The second kappa shape index (κ2) is 3.69. The van der Waals surface area contributed by atoms with Gasteiger partial charge in [0.25, 0.3) is 0 Å². The Kier molecular flexibility index (Phi) is 2.56. The van der Waals surface area contributed by atoms with Gasteiger partial charge in [0, 0.05) is 0 Å². The minimum Gasteiger partial charge on any atom is -0.466 e. The minimum atomic E-state index is 0.0666. The summed E-state index contributed by atoms with van der Waals surface area (Å²) >= 11 is 0. The number of rotatable bonds is 2. The molecule has 1 atom stereocenters. The predicted molar refractivity (Wildman–Crippen MR) is 50.2 cm³/mol. The Morgan fingerprint density at radius 3 is 2.46 bits per heavy atom. The Hall–Kier alpha value is -0.530. The Bertz CT molecular complexity index is 192. The number of hydrogen-bond donors (Lipinski definition) is 0. The highest BCUT2D eigenvalue weighted by Crippen LogP contribution is 2.45. The Balaban J connectivity index is 1.96. The summed E-state index contributed by atoms with van der Waals surface area (Å²) in [5, 5.41) is 0. The molecule has 2 nitrogen and oxygen atoms in total. The van der Waals surface area contributed by atoms with Crippen molar-refractivity contribution in [2.24, 2.45) is 17.8 Å². The third-order valence-corrected chi connectivity index (χ3v) is 3.64. The van der Waals surface area contributed by atoms with Crippen molar-refractivity contribution >= 4 is 5.97 Å². The molecule has 3 aliphatic carbocycles.